The molecule has 0 radical (unpaired) electrons. The van der Waals surface area contributed by atoms with Crippen LogP contribution < -0.4 is 5.73 Å². The van der Waals surface area contributed by atoms with Gasteiger partial charge in [0.05, 0.1) is 11.7 Å². The fourth-order valence-corrected chi connectivity index (χ4v) is 1.77. The lowest BCUT2D eigenvalue weighted by Crippen LogP contribution is -2.14. The minimum absolute atomic E-state index is 0.0455. The third-order valence-electron chi connectivity index (χ3n) is 2.70. The Morgan fingerprint density at radius 2 is 2.19 bits per heavy atom. The monoisotopic (exact) mass is 225 g/mol. The van der Waals surface area contributed by atoms with E-state index in [-0.39, 0.29) is 6.04 Å². The molecule has 1 unspecified atom stereocenters. The minimum atomic E-state index is -0.0455. The molecule has 0 fully saturated rings. The molecule has 0 saturated carbocycles. The molecular weight excluding hydrogens is 202 g/mol. The zero-order valence-electron chi connectivity index (χ0n) is 10.5. The molecule has 0 bridgehead atoms. The van der Waals surface area contributed by atoms with Gasteiger partial charge in [0.15, 0.2) is 0 Å². The Morgan fingerprint density at radius 3 is 2.75 bits per heavy atom. The van der Waals surface area contributed by atoms with Gasteiger partial charge in [-0.1, -0.05) is 20.3 Å². The molecule has 1 rings (SSSR count). The first-order valence-corrected chi connectivity index (χ1v) is 6.05. The Labute approximate surface area is 97.6 Å². The van der Waals surface area contributed by atoms with Crippen molar-refractivity contribution in [2.45, 2.75) is 45.6 Å². The molecule has 1 aromatic heterocycles. The molecule has 3 N–H and O–H groups in total. The Bertz CT molecular complexity index is 309. The van der Waals surface area contributed by atoms with Gasteiger partial charge in [0.2, 0.25) is 0 Å². The molecule has 0 aliphatic heterocycles. The molecule has 0 spiro atoms. The highest BCUT2D eigenvalue weighted by atomic mass is 16.5. The highest BCUT2D eigenvalue weighted by Gasteiger charge is 2.13. The summed E-state index contributed by atoms with van der Waals surface area (Å²) in [5.74, 6) is 0.900. The van der Waals surface area contributed by atoms with Crippen LogP contribution in [0.15, 0.2) is 0 Å². The molecule has 0 aliphatic carbocycles. The Kier molecular flexibility index (Phi) is 5.49. The molecular formula is C12H23N3O. The fourth-order valence-electron chi connectivity index (χ4n) is 1.77. The van der Waals surface area contributed by atoms with E-state index in [1.807, 2.05) is 0 Å². The summed E-state index contributed by atoms with van der Waals surface area (Å²) in [4.78, 5) is 7.91. The molecule has 1 atom stereocenters. The Morgan fingerprint density at radius 1 is 1.44 bits per heavy atom. The van der Waals surface area contributed by atoms with Crippen LogP contribution in [0.4, 0.5) is 0 Å². The highest BCUT2D eigenvalue weighted by Crippen LogP contribution is 2.15. The predicted octanol–water partition coefficient (Wildman–Crippen LogP) is 1.96. The van der Waals surface area contributed by atoms with Gasteiger partial charge in [0.25, 0.3) is 0 Å². The number of aromatic nitrogens is 2. The summed E-state index contributed by atoms with van der Waals surface area (Å²) in [5.41, 5.74) is 8.44. The van der Waals surface area contributed by atoms with Crippen LogP contribution in [-0.2, 0) is 17.6 Å². The number of aromatic amines is 1. The smallest absolute Gasteiger partial charge is 0.123 e. The number of hydrogen-bond acceptors (Lipinski definition) is 3. The van der Waals surface area contributed by atoms with E-state index in [4.69, 9.17) is 10.5 Å². The van der Waals surface area contributed by atoms with Crippen LogP contribution in [0.2, 0.25) is 0 Å². The number of aryl methyl sites for hydroxylation is 2. The van der Waals surface area contributed by atoms with Gasteiger partial charge in [-0.2, -0.15) is 0 Å². The van der Waals surface area contributed by atoms with Crippen molar-refractivity contribution in [3.8, 4) is 0 Å². The summed E-state index contributed by atoms with van der Waals surface area (Å²) in [6.45, 7) is 4.97. The number of ether oxygens (including phenoxy) is 1. The zero-order chi connectivity index (χ0) is 12.0. The van der Waals surface area contributed by atoms with E-state index in [9.17, 15) is 0 Å². The first kappa shape index (κ1) is 13.2. The van der Waals surface area contributed by atoms with Crippen LogP contribution in [0, 0.1) is 0 Å². The minimum Gasteiger partial charge on any atom is -0.385 e. The molecule has 0 aromatic carbocycles. The second kappa shape index (κ2) is 6.66. The van der Waals surface area contributed by atoms with Crippen molar-refractivity contribution in [2.24, 2.45) is 5.73 Å². The molecule has 0 saturated heterocycles. The number of imidazole rings is 1. The average molecular weight is 225 g/mol. The molecule has 0 amide bonds. The van der Waals surface area contributed by atoms with Crippen molar-refractivity contribution >= 4 is 0 Å². The molecule has 16 heavy (non-hydrogen) atoms. The van der Waals surface area contributed by atoms with E-state index >= 15 is 0 Å². The average Bonchev–Trinajstić information content (AvgIpc) is 2.69. The number of hydrogen-bond donors (Lipinski definition) is 2. The first-order chi connectivity index (χ1) is 7.72. The number of methoxy groups -OCH3 is 1. The van der Waals surface area contributed by atoms with E-state index in [1.165, 1.54) is 5.69 Å². The Hall–Kier alpha value is -0.870. The van der Waals surface area contributed by atoms with Crippen LogP contribution >= 0.6 is 0 Å². The number of nitrogens with two attached hydrogens (primary N) is 1. The Balaban J connectivity index is 2.72. The topological polar surface area (TPSA) is 63.9 Å². The van der Waals surface area contributed by atoms with Crippen LogP contribution in [0.25, 0.3) is 0 Å². The van der Waals surface area contributed by atoms with Crippen LogP contribution in [0.1, 0.15) is 49.9 Å². The van der Waals surface area contributed by atoms with Crippen LogP contribution in [-0.4, -0.2) is 23.7 Å². The maximum absolute atomic E-state index is 6.04. The van der Waals surface area contributed by atoms with Gasteiger partial charge in [-0.3, -0.25) is 0 Å². The van der Waals surface area contributed by atoms with Gasteiger partial charge >= 0.3 is 0 Å². The summed E-state index contributed by atoms with van der Waals surface area (Å²) in [6, 6.07) is -0.0455. The van der Waals surface area contributed by atoms with Crippen LogP contribution in [0.3, 0.4) is 0 Å². The largest absolute Gasteiger partial charge is 0.385 e. The van der Waals surface area contributed by atoms with Crippen LogP contribution in [0.5, 0.6) is 0 Å². The van der Waals surface area contributed by atoms with Crippen molar-refractivity contribution in [3.05, 3.63) is 17.2 Å². The van der Waals surface area contributed by atoms with Gasteiger partial charge in [-0.25, -0.2) is 4.98 Å². The number of rotatable bonds is 7. The van der Waals surface area contributed by atoms with Crippen molar-refractivity contribution < 1.29 is 4.74 Å². The van der Waals surface area contributed by atoms with Gasteiger partial charge in [-0.15, -0.1) is 0 Å². The fraction of sp³-hybridized carbons (Fsp3) is 0.750. The summed E-state index contributed by atoms with van der Waals surface area (Å²) in [6.07, 6.45) is 3.94. The zero-order valence-corrected chi connectivity index (χ0v) is 10.5. The van der Waals surface area contributed by atoms with Gasteiger partial charge < -0.3 is 15.5 Å². The standard InChI is InChI=1S/C12H23N3O/c1-4-6-11-10(5-2)14-12(15-11)9(13)7-8-16-3/h9H,4-8,13H2,1-3H3,(H,14,15). The summed E-state index contributed by atoms with van der Waals surface area (Å²) in [7, 11) is 1.69. The molecule has 1 aromatic rings. The highest BCUT2D eigenvalue weighted by molar-refractivity contribution is 5.16. The van der Waals surface area contributed by atoms with Gasteiger partial charge in [-0.05, 0) is 19.3 Å². The molecule has 92 valence electrons. The third-order valence-corrected chi connectivity index (χ3v) is 2.70. The predicted molar refractivity (Wildman–Crippen MR) is 65.4 cm³/mol. The van der Waals surface area contributed by atoms with Crippen molar-refractivity contribution in [3.63, 3.8) is 0 Å². The van der Waals surface area contributed by atoms with E-state index < -0.39 is 0 Å². The first-order valence-electron chi connectivity index (χ1n) is 6.05. The van der Waals surface area contributed by atoms with E-state index in [1.54, 1.807) is 7.11 Å². The second-order valence-electron chi connectivity index (χ2n) is 4.04. The van der Waals surface area contributed by atoms with Crippen molar-refractivity contribution in [2.75, 3.05) is 13.7 Å². The molecule has 4 heteroatoms. The lowest BCUT2D eigenvalue weighted by molar-refractivity contribution is 0.187. The van der Waals surface area contributed by atoms with Gasteiger partial charge in [0.1, 0.15) is 5.82 Å². The maximum atomic E-state index is 6.04. The lowest BCUT2D eigenvalue weighted by atomic mass is 10.2. The molecule has 1 heterocycles. The van der Waals surface area contributed by atoms with E-state index in [0.29, 0.717) is 6.61 Å². The SMILES string of the molecule is CCCc1[nH]c(C(N)CCOC)nc1CC. The number of H-pyrrole nitrogens is 1. The summed E-state index contributed by atoms with van der Waals surface area (Å²) >= 11 is 0. The van der Waals surface area contributed by atoms with Crippen molar-refractivity contribution in [1.29, 1.82) is 0 Å². The lowest BCUT2D eigenvalue weighted by Gasteiger charge is -2.07. The summed E-state index contributed by atoms with van der Waals surface area (Å²) in [5, 5.41) is 0. The molecule has 0 aliphatic rings. The molecule has 4 nitrogen and oxygen atoms in total. The second-order valence-corrected chi connectivity index (χ2v) is 4.04. The van der Waals surface area contributed by atoms with E-state index in [0.717, 1.165) is 37.2 Å². The quantitative estimate of drug-likeness (QED) is 0.745. The summed E-state index contributed by atoms with van der Waals surface area (Å²) < 4.78 is 5.02. The number of nitrogens with zero attached hydrogens (tertiary/aromatic N) is 1. The number of nitrogens with one attached hydrogen (secondary N) is 1. The normalized spacial score (nSPS) is 13.0. The van der Waals surface area contributed by atoms with Crippen molar-refractivity contribution in [1.82, 2.24) is 9.97 Å². The third kappa shape index (κ3) is 3.32. The van der Waals surface area contributed by atoms with Gasteiger partial charge in [0, 0.05) is 19.4 Å². The maximum Gasteiger partial charge on any atom is 0.123 e. The van der Waals surface area contributed by atoms with E-state index in [2.05, 4.69) is 23.8 Å².